The van der Waals surface area contributed by atoms with Crippen LogP contribution in [-0.2, 0) is 10.0 Å². The number of thiophene rings is 1. The molecular weight excluding hydrogens is 294 g/mol. The SMILES string of the molecule is O=S(=O)(c1cccs1)N1CCCCC1C1CCCC1O. The van der Waals surface area contributed by atoms with Gasteiger partial charge in [-0.15, -0.1) is 11.3 Å². The molecular formula is C14H21NO3S2. The van der Waals surface area contributed by atoms with Gasteiger partial charge in [0.2, 0.25) is 0 Å². The molecule has 1 N–H and O–H groups in total. The van der Waals surface area contributed by atoms with Gasteiger partial charge < -0.3 is 5.11 Å². The largest absolute Gasteiger partial charge is 0.393 e. The molecule has 3 atom stereocenters. The van der Waals surface area contributed by atoms with Crippen molar-refractivity contribution in [1.82, 2.24) is 4.31 Å². The Kier molecular flexibility index (Phi) is 4.17. The maximum absolute atomic E-state index is 12.8. The van der Waals surface area contributed by atoms with Gasteiger partial charge in [0, 0.05) is 18.5 Å². The summed E-state index contributed by atoms with van der Waals surface area (Å²) in [6.07, 6.45) is 5.30. The van der Waals surface area contributed by atoms with E-state index >= 15 is 0 Å². The molecule has 0 spiro atoms. The Labute approximate surface area is 124 Å². The molecule has 1 saturated carbocycles. The average Bonchev–Trinajstić information content (AvgIpc) is 3.10. The maximum atomic E-state index is 12.8. The number of hydrogen-bond donors (Lipinski definition) is 1. The Balaban J connectivity index is 1.89. The highest BCUT2D eigenvalue weighted by Crippen LogP contribution is 2.38. The van der Waals surface area contributed by atoms with Gasteiger partial charge in [-0.05, 0) is 37.1 Å². The summed E-state index contributed by atoms with van der Waals surface area (Å²) in [6, 6.07) is 3.44. The van der Waals surface area contributed by atoms with Crippen LogP contribution in [0.3, 0.4) is 0 Å². The fraction of sp³-hybridized carbons (Fsp3) is 0.714. The van der Waals surface area contributed by atoms with Gasteiger partial charge in [-0.1, -0.05) is 18.9 Å². The highest BCUT2D eigenvalue weighted by atomic mass is 32.2. The van der Waals surface area contributed by atoms with Gasteiger partial charge in [0.15, 0.2) is 0 Å². The second kappa shape index (κ2) is 5.75. The summed E-state index contributed by atoms with van der Waals surface area (Å²) in [7, 11) is -3.39. The number of aliphatic hydroxyl groups excluding tert-OH is 1. The summed E-state index contributed by atoms with van der Waals surface area (Å²) in [5, 5.41) is 11.9. The lowest BCUT2D eigenvalue weighted by molar-refractivity contribution is 0.0724. The molecule has 3 rings (SSSR count). The zero-order valence-electron chi connectivity index (χ0n) is 11.4. The molecule has 1 aliphatic heterocycles. The van der Waals surface area contributed by atoms with Crippen molar-refractivity contribution in [2.24, 2.45) is 5.92 Å². The summed E-state index contributed by atoms with van der Waals surface area (Å²) < 4.78 is 27.6. The van der Waals surface area contributed by atoms with E-state index in [2.05, 4.69) is 0 Å². The molecule has 112 valence electrons. The van der Waals surface area contributed by atoms with Crippen LogP contribution in [0.1, 0.15) is 38.5 Å². The Morgan fingerprint density at radius 3 is 2.70 bits per heavy atom. The minimum absolute atomic E-state index is 0.0200. The zero-order chi connectivity index (χ0) is 14.2. The normalized spacial score (nSPS) is 32.5. The van der Waals surface area contributed by atoms with Crippen molar-refractivity contribution in [2.45, 2.75) is 54.9 Å². The summed E-state index contributed by atoms with van der Waals surface area (Å²) in [6.45, 7) is 0.591. The van der Waals surface area contributed by atoms with Crippen molar-refractivity contribution in [3.8, 4) is 0 Å². The van der Waals surface area contributed by atoms with E-state index in [1.165, 1.54) is 11.3 Å². The smallest absolute Gasteiger partial charge is 0.252 e. The van der Waals surface area contributed by atoms with E-state index in [1.54, 1.807) is 21.8 Å². The van der Waals surface area contributed by atoms with Gasteiger partial charge in [0.25, 0.3) is 10.0 Å². The fourth-order valence-electron chi connectivity index (χ4n) is 3.60. The molecule has 2 heterocycles. The number of rotatable bonds is 3. The molecule has 1 aliphatic carbocycles. The van der Waals surface area contributed by atoms with E-state index in [1.807, 2.05) is 0 Å². The van der Waals surface area contributed by atoms with Crippen molar-refractivity contribution in [3.05, 3.63) is 17.5 Å². The molecule has 4 nitrogen and oxygen atoms in total. The van der Waals surface area contributed by atoms with Gasteiger partial charge >= 0.3 is 0 Å². The third-order valence-corrected chi connectivity index (χ3v) is 7.88. The van der Waals surface area contributed by atoms with Gasteiger partial charge in [-0.3, -0.25) is 0 Å². The zero-order valence-corrected chi connectivity index (χ0v) is 13.1. The van der Waals surface area contributed by atoms with E-state index in [0.29, 0.717) is 10.8 Å². The molecule has 20 heavy (non-hydrogen) atoms. The molecule has 2 fully saturated rings. The Bertz CT molecular complexity index is 541. The van der Waals surface area contributed by atoms with Crippen molar-refractivity contribution in [2.75, 3.05) is 6.54 Å². The van der Waals surface area contributed by atoms with E-state index in [-0.39, 0.29) is 18.1 Å². The lowest BCUT2D eigenvalue weighted by Crippen LogP contribution is -2.49. The third-order valence-electron chi connectivity index (χ3n) is 4.58. The second-order valence-corrected chi connectivity index (χ2v) is 8.84. The highest BCUT2D eigenvalue weighted by Gasteiger charge is 2.42. The van der Waals surface area contributed by atoms with Crippen LogP contribution in [0.5, 0.6) is 0 Å². The third kappa shape index (κ3) is 2.54. The van der Waals surface area contributed by atoms with Crippen LogP contribution in [0.15, 0.2) is 21.7 Å². The minimum atomic E-state index is -3.39. The minimum Gasteiger partial charge on any atom is -0.393 e. The first kappa shape index (κ1) is 14.5. The van der Waals surface area contributed by atoms with E-state index in [9.17, 15) is 13.5 Å². The lowest BCUT2D eigenvalue weighted by atomic mass is 9.89. The van der Waals surface area contributed by atoms with Gasteiger partial charge in [-0.25, -0.2) is 8.42 Å². The number of hydrogen-bond acceptors (Lipinski definition) is 4. The molecule has 2 aliphatic rings. The average molecular weight is 315 g/mol. The van der Waals surface area contributed by atoms with Crippen LogP contribution in [-0.4, -0.2) is 36.5 Å². The second-order valence-electron chi connectivity index (χ2n) is 5.77. The van der Waals surface area contributed by atoms with Crippen LogP contribution >= 0.6 is 11.3 Å². The van der Waals surface area contributed by atoms with Crippen LogP contribution in [0, 0.1) is 5.92 Å². The Morgan fingerprint density at radius 2 is 2.05 bits per heavy atom. The number of aliphatic hydroxyl groups is 1. The van der Waals surface area contributed by atoms with Crippen molar-refractivity contribution >= 4 is 21.4 Å². The molecule has 0 aromatic carbocycles. The lowest BCUT2D eigenvalue weighted by Gasteiger charge is -2.39. The molecule has 1 aromatic rings. The van der Waals surface area contributed by atoms with E-state index in [0.717, 1.165) is 38.5 Å². The molecule has 3 unspecified atom stereocenters. The van der Waals surface area contributed by atoms with Crippen LogP contribution in [0.25, 0.3) is 0 Å². The van der Waals surface area contributed by atoms with E-state index in [4.69, 9.17) is 0 Å². The predicted molar refractivity (Wildman–Crippen MR) is 79.2 cm³/mol. The summed E-state index contributed by atoms with van der Waals surface area (Å²) in [4.78, 5) is 0. The van der Waals surface area contributed by atoms with Crippen LogP contribution in [0.4, 0.5) is 0 Å². The standard InChI is InChI=1S/C14H21NO3S2/c16-13-7-3-5-11(13)12-6-1-2-9-15(12)20(17,18)14-8-4-10-19-14/h4,8,10-13,16H,1-3,5-7,9H2. The molecule has 1 aromatic heterocycles. The van der Waals surface area contributed by atoms with Gasteiger partial charge in [0.05, 0.1) is 6.10 Å². The van der Waals surface area contributed by atoms with Crippen LogP contribution < -0.4 is 0 Å². The number of piperidine rings is 1. The van der Waals surface area contributed by atoms with E-state index < -0.39 is 10.0 Å². The molecule has 0 radical (unpaired) electrons. The van der Waals surface area contributed by atoms with Crippen LogP contribution in [0.2, 0.25) is 0 Å². The van der Waals surface area contributed by atoms with Crippen molar-refractivity contribution in [3.63, 3.8) is 0 Å². The molecule has 6 heteroatoms. The Morgan fingerprint density at radius 1 is 1.20 bits per heavy atom. The first-order valence-corrected chi connectivity index (χ1v) is 9.66. The quantitative estimate of drug-likeness (QED) is 0.932. The molecule has 0 amide bonds. The molecule has 0 bridgehead atoms. The topological polar surface area (TPSA) is 57.6 Å². The summed E-state index contributed by atoms with van der Waals surface area (Å²) >= 11 is 1.28. The molecule has 1 saturated heterocycles. The maximum Gasteiger partial charge on any atom is 0.252 e. The number of nitrogens with zero attached hydrogens (tertiary/aromatic N) is 1. The monoisotopic (exact) mass is 315 g/mol. The summed E-state index contributed by atoms with van der Waals surface area (Å²) in [5.41, 5.74) is 0. The predicted octanol–water partition coefficient (Wildman–Crippen LogP) is 2.45. The number of sulfonamides is 1. The first-order valence-electron chi connectivity index (χ1n) is 7.34. The van der Waals surface area contributed by atoms with Gasteiger partial charge in [-0.2, -0.15) is 4.31 Å². The van der Waals surface area contributed by atoms with Crippen molar-refractivity contribution < 1.29 is 13.5 Å². The summed E-state index contributed by atoms with van der Waals surface area (Å²) in [5.74, 6) is 0.116. The first-order chi connectivity index (χ1) is 9.60. The fourth-order valence-corrected chi connectivity index (χ4v) is 6.46. The Hall–Kier alpha value is -0.430. The van der Waals surface area contributed by atoms with Crippen molar-refractivity contribution in [1.29, 1.82) is 0 Å². The van der Waals surface area contributed by atoms with Gasteiger partial charge in [0.1, 0.15) is 4.21 Å². The highest BCUT2D eigenvalue weighted by molar-refractivity contribution is 7.91.